The van der Waals surface area contributed by atoms with E-state index < -0.39 is 0 Å². The van der Waals surface area contributed by atoms with Crippen molar-refractivity contribution in [3.05, 3.63) is 33.2 Å². The van der Waals surface area contributed by atoms with Gasteiger partial charge in [0.2, 0.25) is 0 Å². The number of para-hydroxylation sites is 1. The molecular formula is C12H5IN6. The van der Waals surface area contributed by atoms with Crippen molar-refractivity contribution in [2.75, 3.05) is 5.32 Å². The quantitative estimate of drug-likeness (QED) is 0.631. The molecule has 7 heteroatoms. The summed E-state index contributed by atoms with van der Waals surface area (Å²) in [6.45, 7) is 0. The number of benzene rings is 1. The fourth-order valence-corrected chi connectivity index (χ4v) is 2.08. The molecule has 1 aromatic heterocycles. The Morgan fingerprint density at radius 2 is 1.95 bits per heavy atom. The largest absolute Gasteiger partial charge is 0.343 e. The number of H-pyrrole nitrogens is 1. The zero-order chi connectivity index (χ0) is 13.8. The van der Waals surface area contributed by atoms with E-state index in [1.807, 2.05) is 12.1 Å². The number of rotatable bonds is 2. The van der Waals surface area contributed by atoms with Crippen LogP contribution in [-0.2, 0) is 0 Å². The van der Waals surface area contributed by atoms with E-state index in [2.05, 4.69) is 38.1 Å². The summed E-state index contributed by atoms with van der Waals surface area (Å²) >= 11 is 2.11. The van der Waals surface area contributed by atoms with Crippen LogP contribution in [0.2, 0.25) is 0 Å². The Morgan fingerprint density at radius 1 is 1.21 bits per heavy atom. The average molecular weight is 360 g/mol. The summed E-state index contributed by atoms with van der Waals surface area (Å²) in [7, 11) is 0. The highest BCUT2D eigenvalue weighted by atomic mass is 127. The Labute approximate surface area is 122 Å². The standard InChI is InChI=1S/C12H5IN6/c13-12-8-2-1-3-9(11(8)18-19-12)17-10(6-16)7(4-14)5-15/h1-3,17H,(H,18,19). The third kappa shape index (κ3) is 2.35. The number of nitrogens with one attached hydrogen (secondary N) is 2. The predicted octanol–water partition coefficient (Wildman–Crippen LogP) is 2.40. The monoisotopic (exact) mass is 360 g/mol. The van der Waals surface area contributed by atoms with Gasteiger partial charge in [0, 0.05) is 5.39 Å². The lowest BCUT2D eigenvalue weighted by Crippen LogP contribution is -2.01. The van der Waals surface area contributed by atoms with Crippen LogP contribution in [0, 0.1) is 37.7 Å². The molecule has 2 rings (SSSR count). The molecule has 0 saturated heterocycles. The fourth-order valence-electron chi connectivity index (χ4n) is 1.52. The Morgan fingerprint density at radius 3 is 2.58 bits per heavy atom. The normalized spacial score (nSPS) is 9.16. The molecule has 90 valence electrons. The van der Waals surface area contributed by atoms with Gasteiger partial charge in [0.05, 0.1) is 5.69 Å². The Balaban J connectivity index is 2.54. The second-order valence-electron chi connectivity index (χ2n) is 3.45. The summed E-state index contributed by atoms with van der Waals surface area (Å²) in [4.78, 5) is 0. The summed E-state index contributed by atoms with van der Waals surface area (Å²) in [5, 5.41) is 37.2. The van der Waals surface area contributed by atoms with Gasteiger partial charge in [-0.1, -0.05) is 6.07 Å². The van der Waals surface area contributed by atoms with Gasteiger partial charge in [0.1, 0.15) is 33.1 Å². The van der Waals surface area contributed by atoms with Gasteiger partial charge >= 0.3 is 0 Å². The van der Waals surface area contributed by atoms with E-state index in [1.54, 1.807) is 24.3 Å². The van der Waals surface area contributed by atoms with Crippen LogP contribution >= 0.6 is 22.6 Å². The van der Waals surface area contributed by atoms with E-state index >= 15 is 0 Å². The van der Waals surface area contributed by atoms with E-state index in [1.165, 1.54) is 0 Å². The minimum atomic E-state index is -0.260. The summed E-state index contributed by atoms with van der Waals surface area (Å²) in [6, 6.07) is 10.6. The topological polar surface area (TPSA) is 112 Å². The second-order valence-corrected chi connectivity index (χ2v) is 4.53. The highest BCUT2D eigenvalue weighted by Crippen LogP contribution is 2.25. The van der Waals surface area contributed by atoms with Gasteiger partial charge in [-0.15, -0.1) is 0 Å². The Kier molecular flexibility index (Phi) is 3.65. The number of hydrogen-bond acceptors (Lipinski definition) is 5. The number of aromatic amines is 1. The third-order valence-electron chi connectivity index (χ3n) is 2.38. The van der Waals surface area contributed by atoms with Crippen molar-refractivity contribution in [3.8, 4) is 18.2 Å². The maximum absolute atomic E-state index is 8.99. The number of nitrogens with zero attached hydrogens (tertiary/aromatic N) is 4. The van der Waals surface area contributed by atoms with Crippen LogP contribution in [-0.4, -0.2) is 10.2 Å². The van der Waals surface area contributed by atoms with Crippen LogP contribution < -0.4 is 5.32 Å². The van der Waals surface area contributed by atoms with Gasteiger partial charge in [-0.2, -0.15) is 20.9 Å². The molecule has 0 unspecified atom stereocenters. The summed E-state index contributed by atoms with van der Waals surface area (Å²) in [6.07, 6.45) is 0. The molecule has 0 fully saturated rings. The van der Waals surface area contributed by atoms with E-state index in [4.69, 9.17) is 15.8 Å². The van der Waals surface area contributed by atoms with Gasteiger partial charge in [0.15, 0.2) is 5.57 Å². The van der Waals surface area contributed by atoms with Gasteiger partial charge in [-0.3, -0.25) is 5.10 Å². The molecule has 0 atom stereocenters. The van der Waals surface area contributed by atoms with Crippen LogP contribution in [0.1, 0.15) is 0 Å². The first kappa shape index (κ1) is 12.9. The number of fused-ring (bicyclic) bond motifs is 1. The van der Waals surface area contributed by atoms with Crippen molar-refractivity contribution in [2.24, 2.45) is 0 Å². The van der Waals surface area contributed by atoms with Crippen LogP contribution in [0.15, 0.2) is 29.5 Å². The molecule has 2 aromatic rings. The lowest BCUT2D eigenvalue weighted by atomic mass is 10.2. The van der Waals surface area contributed by atoms with Gasteiger partial charge in [0.25, 0.3) is 0 Å². The molecule has 0 radical (unpaired) electrons. The van der Waals surface area contributed by atoms with Crippen LogP contribution in [0.5, 0.6) is 0 Å². The molecular weight excluding hydrogens is 355 g/mol. The number of nitriles is 3. The van der Waals surface area contributed by atoms with Crippen molar-refractivity contribution < 1.29 is 0 Å². The van der Waals surface area contributed by atoms with Crippen molar-refractivity contribution in [1.29, 1.82) is 15.8 Å². The molecule has 0 saturated carbocycles. The second kappa shape index (κ2) is 5.38. The number of allylic oxidation sites excluding steroid dienone is 2. The van der Waals surface area contributed by atoms with Crippen molar-refractivity contribution in [3.63, 3.8) is 0 Å². The van der Waals surface area contributed by atoms with Gasteiger partial charge in [-0.25, -0.2) is 0 Å². The smallest absolute Gasteiger partial charge is 0.163 e. The Hall–Kier alpha value is -2.57. The molecule has 1 heterocycles. The first-order valence-corrected chi connectivity index (χ1v) is 6.13. The van der Waals surface area contributed by atoms with E-state index in [0.717, 1.165) is 9.09 Å². The predicted molar refractivity (Wildman–Crippen MR) is 76.3 cm³/mol. The number of anilines is 1. The van der Waals surface area contributed by atoms with Gasteiger partial charge in [-0.05, 0) is 34.7 Å². The van der Waals surface area contributed by atoms with E-state index in [9.17, 15) is 0 Å². The zero-order valence-corrected chi connectivity index (χ0v) is 11.6. The molecule has 6 nitrogen and oxygen atoms in total. The average Bonchev–Trinajstić information content (AvgIpc) is 2.82. The van der Waals surface area contributed by atoms with Gasteiger partial charge < -0.3 is 5.32 Å². The molecule has 0 amide bonds. The number of hydrogen-bond donors (Lipinski definition) is 2. The maximum Gasteiger partial charge on any atom is 0.163 e. The molecule has 2 N–H and O–H groups in total. The molecule has 0 aliphatic carbocycles. The zero-order valence-electron chi connectivity index (χ0n) is 9.40. The van der Waals surface area contributed by atoms with Crippen LogP contribution in [0.4, 0.5) is 5.69 Å². The number of aromatic nitrogens is 2. The summed E-state index contributed by atoms with van der Waals surface area (Å²) in [5.74, 6) is 0. The van der Waals surface area contributed by atoms with Crippen molar-refractivity contribution in [2.45, 2.75) is 0 Å². The molecule has 1 aromatic carbocycles. The summed E-state index contributed by atoms with van der Waals surface area (Å²) in [5.41, 5.74) is 0.867. The van der Waals surface area contributed by atoms with Crippen LogP contribution in [0.3, 0.4) is 0 Å². The lowest BCUT2D eigenvalue weighted by molar-refractivity contribution is 1.09. The first-order chi connectivity index (χ1) is 9.21. The highest BCUT2D eigenvalue weighted by molar-refractivity contribution is 14.1. The fraction of sp³-hybridized carbons (Fsp3) is 0. The summed E-state index contributed by atoms with van der Waals surface area (Å²) < 4.78 is 0.875. The molecule has 0 spiro atoms. The Bertz CT molecular complexity index is 780. The van der Waals surface area contributed by atoms with E-state index in [-0.39, 0.29) is 11.3 Å². The maximum atomic E-state index is 8.99. The first-order valence-electron chi connectivity index (χ1n) is 5.05. The number of halogens is 1. The third-order valence-corrected chi connectivity index (χ3v) is 3.21. The van der Waals surface area contributed by atoms with E-state index in [0.29, 0.717) is 11.2 Å². The minimum absolute atomic E-state index is 0.0875. The molecule has 19 heavy (non-hydrogen) atoms. The van der Waals surface area contributed by atoms with Crippen LogP contribution in [0.25, 0.3) is 10.9 Å². The lowest BCUT2D eigenvalue weighted by Gasteiger charge is -2.04. The highest BCUT2D eigenvalue weighted by Gasteiger charge is 2.11. The molecule has 0 aliphatic rings. The minimum Gasteiger partial charge on any atom is -0.343 e. The molecule has 0 aliphatic heterocycles. The SMILES string of the molecule is N#CC(C#N)=C(C#N)Nc1cccc2c(I)[nH]nc12. The van der Waals surface area contributed by atoms with Crippen molar-refractivity contribution in [1.82, 2.24) is 10.2 Å². The van der Waals surface area contributed by atoms with Crippen molar-refractivity contribution >= 4 is 39.2 Å². The molecule has 0 bridgehead atoms.